The first kappa shape index (κ1) is 17.5. The summed E-state index contributed by atoms with van der Waals surface area (Å²) in [4.78, 5) is 14.0. The highest BCUT2D eigenvalue weighted by atomic mass is 16.5. The molecule has 0 heterocycles. The van der Waals surface area contributed by atoms with Gasteiger partial charge in [0.15, 0.2) is 6.61 Å². The summed E-state index contributed by atoms with van der Waals surface area (Å²) in [6, 6.07) is 12.7. The van der Waals surface area contributed by atoms with E-state index in [0.717, 1.165) is 11.4 Å². The normalized spacial score (nSPS) is 10.0. The van der Waals surface area contributed by atoms with E-state index in [1.807, 2.05) is 43.3 Å². The van der Waals surface area contributed by atoms with Gasteiger partial charge >= 0.3 is 0 Å². The van der Waals surface area contributed by atoms with E-state index in [-0.39, 0.29) is 12.5 Å². The Hall–Kier alpha value is -2.89. The Labute approximate surface area is 141 Å². The first-order chi connectivity index (χ1) is 11.5. The van der Waals surface area contributed by atoms with Crippen molar-refractivity contribution in [3.63, 3.8) is 0 Å². The van der Waals surface area contributed by atoms with Crippen LogP contribution < -0.4 is 24.4 Å². The maximum Gasteiger partial charge on any atom is 0.262 e. The number of hydrogen-bond acceptors (Lipinski definition) is 5. The van der Waals surface area contributed by atoms with Gasteiger partial charge in [-0.2, -0.15) is 0 Å². The minimum Gasteiger partial charge on any atom is -0.496 e. The van der Waals surface area contributed by atoms with Crippen LogP contribution in [0.1, 0.15) is 0 Å². The summed E-state index contributed by atoms with van der Waals surface area (Å²) in [6.45, 7) is -0.105. The lowest BCUT2D eigenvalue weighted by Gasteiger charge is -2.13. The van der Waals surface area contributed by atoms with Gasteiger partial charge in [0.1, 0.15) is 17.2 Å². The van der Waals surface area contributed by atoms with E-state index in [1.165, 1.54) is 0 Å². The van der Waals surface area contributed by atoms with Crippen LogP contribution in [-0.4, -0.2) is 40.8 Å². The molecular formula is C18H22N2O4. The van der Waals surface area contributed by atoms with Gasteiger partial charge in [-0.1, -0.05) is 0 Å². The smallest absolute Gasteiger partial charge is 0.262 e. The molecule has 0 atom stereocenters. The topological polar surface area (TPSA) is 60.0 Å². The van der Waals surface area contributed by atoms with Crippen molar-refractivity contribution < 1.29 is 19.0 Å². The number of benzene rings is 2. The van der Waals surface area contributed by atoms with Crippen molar-refractivity contribution in [2.45, 2.75) is 0 Å². The molecule has 0 fully saturated rings. The van der Waals surface area contributed by atoms with Crippen molar-refractivity contribution in [1.82, 2.24) is 0 Å². The number of nitrogens with zero attached hydrogens (tertiary/aromatic N) is 1. The molecule has 0 aliphatic carbocycles. The molecule has 0 aromatic heterocycles. The summed E-state index contributed by atoms with van der Waals surface area (Å²) < 4.78 is 15.8. The van der Waals surface area contributed by atoms with Gasteiger partial charge in [-0.15, -0.1) is 0 Å². The van der Waals surface area contributed by atoms with Crippen LogP contribution in [0.15, 0.2) is 42.5 Å². The Morgan fingerprint density at radius 1 is 0.958 bits per heavy atom. The van der Waals surface area contributed by atoms with Crippen molar-refractivity contribution in [3.8, 4) is 17.2 Å². The molecular weight excluding hydrogens is 308 g/mol. The Bertz CT molecular complexity index is 662. The Kier molecular flexibility index (Phi) is 5.89. The molecule has 24 heavy (non-hydrogen) atoms. The number of hydrogen-bond donors (Lipinski definition) is 1. The van der Waals surface area contributed by atoms with E-state index in [4.69, 9.17) is 14.2 Å². The molecule has 2 aromatic rings. The van der Waals surface area contributed by atoms with Gasteiger partial charge in [-0.3, -0.25) is 4.79 Å². The van der Waals surface area contributed by atoms with Crippen molar-refractivity contribution in [3.05, 3.63) is 42.5 Å². The highest BCUT2D eigenvalue weighted by Gasteiger charge is 2.07. The molecule has 2 aromatic carbocycles. The van der Waals surface area contributed by atoms with Crippen LogP contribution in [0.3, 0.4) is 0 Å². The number of amides is 1. The van der Waals surface area contributed by atoms with Crippen LogP contribution in [0.2, 0.25) is 0 Å². The van der Waals surface area contributed by atoms with E-state index in [2.05, 4.69) is 5.32 Å². The van der Waals surface area contributed by atoms with Gasteiger partial charge in [0.05, 0.1) is 14.2 Å². The number of rotatable bonds is 7. The van der Waals surface area contributed by atoms with Gasteiger partial charge < -0.3 is 24.4 Å². The average molecular weight is 330 g/mol. The van der Waals surface area contributed by atoms with Gasteiger partial charge in [-0.05, 0) is 24.3 Å². The minimum atomic E-state index is -0.241. The van der Waals surface area contributed by atoms with Gasteiger partial charge in [-0.25, -0.2) is 0 Å². The largest absolute Gasteiger partial charge is 0.496 e. The SMILES string of the molecule is COc1cc(OC)cc(OCC(=O)Nc2ccc(N(C)C)cc2)c1. The van der Waals surface area contributed by atoms with Crippen molar-refractivity contribution in [2.24, 2.45) is 0 Å². The van der Waals surface area contributed by atoms with E-state index in [1.54, 1.807) is 32.4 Å². The molecule has 1 amide bonds. The highest BCUT2D eigenvalue weighted by molar-refractivity contribution is 5.92. The lowest BCUT2D eigenvalue weighted by atomic mass is 10.2. The zero-order valence-corrected chi connectivity index (χ0v) is 14.3. The Morgan fingerprint density at radius 2 is 1.50 bits per heavy atom. The predicted octanol–water partition coefficient (Wildman–Crippen LogP) is 2.79. The molecule has 0 spiro atoms. The lowest BCUT2D eigenvalue weighted by molar-refractivity contribution is -0.118. The van der Waals surface area contributed by atoms with Crippen LogP contribution in [-0.2, 0) is 4.79 Å². The molecule has 0 unspecified atom stereocenters. The first-order valence-corrected chi connectivity index (χ1v) is 7.45. The Morgan fingerprint density at radius 3 is 2.00 bits per heavy atom. The fourth-order valence-electron chi connectivity index (χ4n) is 2.05. The number of methoxy groups -OCH3 is 2. The zero-order valence-electron chi connectivity index (χ0n) is 14.3. The van der Waals surface area contributed by atoms with Crippen LogP contribution in [0.4, 0.5) is 11.4 Å². The first-order valence-electron chi connectivity index (χ1n) is 7.45. The molecule has 6 nitrogen and oxygen atoms in total. The number of nitrogens with one attached hydrogen (secondary N) is 1. The van der Waals surface area contributed by atoms with Gasteiger partial charge in [0.2, 0.25) is 0 Å². The number of ether oxygens (including phenoxy) is 3. The third-order valence-electron chi connectivity index (χ3n) is 3.36. The van der Waals surface area contributed by atoms with E-state index in [9.17, 15) is 4.79 Å². The fraction of sp³-hybridized carbons (Fsp3) is 0.278. The van der Waals surface area contributed by atoms with E-state index >= 15 is 0 Å². The molecule has 0 aliphatic heterocycles. The second-order valence-corrected chi connectivity index (χ2v) is 5.33. The minimum absolute atomic E-state index is 0.105. The highest BCUT2D eigenvalue weighted by Crippen LogP contribution is 2.27. The average Bonchev–Trinajstić information content (AvgIpc) is 2.60. The van der Waals surface area contributed by atoms with Crippen molar-refractivity contribution in [2.75, 3.05) is 45.1 Å². The van der Waals surface area contributed by atoms with Crippen molar-refractivity contribution in [1.29, 1.82) is 0 Å². The molecule has 0 saturated heterocycles. The summed E-state index contributed by atoms with van der Waals surface area (Å²) in [5.74, 6) is 1.46. The Balaban J connectivity index is 1.93. The molecule has 128 valence electrons. The van der Waals surface area contributed by atoms with Crippen molar-refractivity contribution >= 4 is 17.3 Å². The summed E-state index contributed by atoms with van der Waals surface area (Å²) in [5.41, 5.74) is 1.78. The number of carbonyl (C=O) groups excluding carboxylic acids is 1. The van der Waals surface area contributed by atoms with Gasteiger partial charge in [0, 0.05) is 43.7 Å². The second-order valence-electron chi connectivity index (χ2n) is 5.33. The standard InChI is InChI=1S/C18H22N2O4/c1-20(2)14-7-5-13(6-8-14)19-18(21)12-24-17-10-15(22-3)9-16(11-17)23-4/h5-11H,12H2,1-4H3,(H,19,21). The third-order valence-corrected chi connectivity index (χ3v) is 3.36. The maximum atomic E-state index is 12.0. The molecule has 0 aliphatic rings. The van der Waals surface area contributed by atoms with Crippen LogP contribution in [0.25, 0.3) is 0 Å². The quantitative estimate of drug-likeness (QED) is 0.846. The molecule has 6 heteroatoms. The molecule has 0 bridgehead atoms. The number of anilines is 2. The molecule has 0 radical (unpaired) electrons. The summed E-state index contributed by atoms with van der Waals surface area (Å²) >= 11 is 0. The fourth-order valence-corrected chi connectivity index (χ4v) is 2.05. The summed E-state index contributed by atoms with van der Waals surface area (Å²) in [5, 5.41) is 2.79. The molecule has 1 N–H and O–H groups in total. The molecule has 0 saturated carbocycles. The van der Waals surface area contributed by atoms with Crippen LogP contribution in [0.5, 0.6) is 17.2 Å². The van der Waals surface area contributed by atoms with Crippen LogP contribution >= 0.6 is 0 Å². The van der Waals surface area contributed by atoms with E-state index < -0.39 is 0 Å². The molecule has 2 rings (SSSR count). The third kappa shape index (κ3) is 4.81. The monoisotopic (exact) mass is 330 g/mol. The second kappa shape index (κ2) is 8.10. The predicted molar refractivity (Wildman–Crippen MR) is 94.4 cm³/mol. The van der Waals surface area contributed by atoms with E-state index in [0.29, 0.717) is 17.2 Å². The zero-order chi connectivity index (χ0) is 17.5. The lowest BCUT2D eigenvalue weighted by Crippen LogP contribution is -2.20. The summed E-state index contributed by atoms with van der Waals surface area (Å²) in [7, 11) is 7.04. The van der Waals surface area contributed by atoms with Gasteiger partial charge in [0.25, 0.3) is 5.91 Å². The summed E-state index contributed by atoms with van der Waals surface area (Å²) in [6.07, 6.45) is 0. The maximum absolute atomic E-state index is 12.0. The number of carbonyl (C=O) groups is 1. The van der Waals surface area contributed by atoms with Crippen LogP contribution in [0, 0.1) is 0 Å².